The van der Waals surface area contributed by atoms with E-state index in [0.29, 0.717) is 23.9 Å². The summed E-state index contributed by atoms with van der Waals surface area (Å²) in [7, 11) is 1.64. The zero-order valence-corrected chi connectivity index (χ0v) is 14.2. The summed E-state index contributed by atoms with van der Waals surface area (Å²) < 4.78 is 18.5. The monoisotopic (exact) mass is 358 g/mol. The van der Waals surface area contributed by atoms with E-state index in [1.807, 2.05) is 24.3 Å². The second kappa shape index (κ2) is 7.81. The fourth-order valence-electron chi connectivity index (χ4n) is 2.28. The van der Waals surface area contributed by atoms with Gasteiger partial charge in [0.2, 0.25) is 0 Å². The third kappa shape index (κ3) is 4.36. The van der Waals surface area contributed by atoms with E-state index in [2.05, 4.69) is 20.6 Å². The average molecular weight is 359 g/mol. The highest BCUT2D eigenvalue weighted by molar-refractivity contribution is 6.31. The van der Waals surface area contributed by atoms with Crippen LogP contribution >= 0.6 is 11.6 Å². The first-order chi connectivity index (χ1) is 12.2. The molecule has 0 saturated carbocycles. The predicted molar refractivity (Wildman–Crippen MR) is 97.0 cm³/mol. The number of nitrogens with zero attached hydrogens (tertiary/aromatic N) is 2. The molecule has 0 saturated heterocycles. The van der Waals surface area contributed by atoms with E-state index in [-0.39, 0.29) is 5.02 Å². The Labute approximate surface area is 149 Å². The molecule has 0 unspecified atom stereocenters. The largest absolute Gasteiger partial charge is 0.496 e. The van der Waals surface area contributed by atoms with Gasteiger partial charge < -0.3 is 15.4 Å². The molecule has 0 radical (unpaired) electrons. The van der Waals surface area contributed by atoms with Crippen LogP contribution in [0.2, 0.25) is 5.02 Å². The molecule has 0 spiro atoms. The van der Waals surface area contributed by atoms with Gasteiger partial charge >= 0.3 is 0 Å². The fraction of sp³-hybridized carbons (Fsp3) is 0.111. The van der Waals surface area contributed by atoms with Crippen molar-refractivity contribution in [1.82, 2.24) is 9.97 Å². The highest BCUT2D eigenvalue weighted by Gasteiger charge is 2.05. The van der Waals surface area contributed by atoms with Crippen molar-refractivity contribution < 1.29 is 9.13 Å². The quantitative estimate of drug-likeness (QED) is 0.672. The number of benzene rings is 2. The molecule has 0 aliphatic carbocycles. The molecule has 2 aromatic carbocycles. The Morgan fingerprint density at radius 1 is 1.08 bits per heavy atom. The third-order valence-corrected chi connectivity index (χ3v) is 3.80. The van der Waals surface area contributed by atoms with Crippen LogP contribution in [0.4, 0.5) is 21.7 Å². The molecule has 0 amide bonds. The van der Waals surface area contributed by atoms with E-state index in [1.54, 1.807) is 19.2 Å². The number of ether oxygens (including phenoxy) is 1. The van der Waals surface area contributed by atoms with E-state index in [4.69, 9.17) is 16.3 Å². The number of para-hydroxylation sites is 1. The first-order valence-electron chi connectivity index (χ1n) is 7.55. The summed E-state index contributed by atoms with van der Waals surface area (Å²) in [6, 6.07) is 13.9. The zero-order valence-electron chi connectivity index (χ0n) is 13.5. The van der Waals surface area contributed by atoms with Gasteiger partial charge in [-0.2, -0.15) is 0 Å². The average Bonchev–Trinajstić information content (AvgIpc) is 2.63. The first kappa shape index (κ1) is 17.0. The number of methoxy groups -OCH3 is 1. The van der Waals surface area contributed by atoms with Crippen molar-refractivity contribution in [3.05, 3.63) is 71.3 Å². The topological polar surface area (TPSA) is 59.1 Å². The van der Waals surface area contributed by atoms with Gasteiger partial charge in [0.05, 0.1) is 12.1 Å². The molecule has 0 fully saturated rings. The predicted octanol–water partition coefficient (Wildman–Crippen LogP) is 4.63. The van der Waals surface area contributed by atoms with Crippen LogP contribution in [-0.4, -0.2) is 17.1 Å². The summed E-state index contributed by atoms with van der Waals surface area (Å²) in [4.78, 5) is 8.35. The van der Waals surface area contributed by atoms with Gasteiger partial charge in [0.1, 0.15) is 29.5 Å². The van der Waals surface area contributed by atoms with Gasteiger partial charge in [-0.15, -0.1) is 0 Å². The Balaban J connectivity index is 1.70. The molecule has 0 atom stereocenters. The van der Waals surface area contributed by atoms with Crippen LogP contribution in [0.25, 0.3) is 0 Å². The molecule has 0 bridgehead atoms. The van der Waals surface area contributed by atoms with E-state index in [1.165, 1.54) is 18.5 Å². The highest BCUT2D eigenvalue weighted by Crippen LogP contribution is 2.23. The van der Waals surface area contributed by atoms with E-state index < -0.39 is 5.82 Å². The molecular formula is C18H16ClFN4O. The molecular weight excluding hydrogens is 343 g/mol. The minimum Gasteiger partial charge on any atom is -0.496 e. The summed E-state index contributed by atoms with van der Waals surface area (Å²) in [5.74, 6) is 1.56. The molecule has 5 nitrogen and oxygen atoms in total. The summed E-state index contributed by atoms with van der Waals surface area (Å²) in [5.41, 5.74) is 1.66. The number of hydrogen-bond donors (Lipinski definition) is 2. The SMILES string of the molecule is COc1ccccc1CNc1cc(Nc2ccc(F)c(Cl)c2)ncn1. The van der Waals surface area contributed by atoms with Crippen LogP contribution < -0.4 is 15.4 Å². The smallest absolute Gasteiger partial charge is 0.141 e. The maximum atomic E-state index is 13.2. The summed E-state index contributed by atoms with van der Waals surface area (Å²) in [5, 5.41) is 6.34. The number of aromatic nitrogens is 2. The number of halogens is 2. The Kier molecular flexibility index (Phi) is 5.30. The molecule has 3 rings (SSSR count). The Bertz CT molecular complexity index is 875. The van der Waals surface area contributed by atoms with Gasteiger partial charge in [-0.3, -0.25) is 0 Å². The fourth-order valence-corrected chi connectivity index (χ4v) is 2.46. The molecule has 7 heteroatoms. The van der Waals surface area contributed by atoms with Gasteiger partial charge in [-0.25, -0.2) is 14.4 Å². The lowest BCUT2D eigenvalue weighted by Crippen LogP contribution is -2.04. The zero-order chi connectivity index (χ0) is 17.6. The van der Waals surface area contributed by atoms with Crippen molar-refractivity contribution in [2.75, 3.05) is 17.7 Å². The molecule has 2 N–H and O–H groups in total. The van der Waals surface area contributed by atoms with Crippen molar-refractivity contribution >= 4 is 28.9 Å². The number of nitrogens with one attached hydrogen (secondary N) is 2. The van der Waals surface area contributed by atoms with Crippen molar-refractivity contribution in [3.63, 3.8) is 0 Å². The molecule has 0 aliphatic heterocycles. The number of anilines is 3. The van der Waals surface area contributed by atoms with E-state index in [0.717, 1.165) is 11.3 Å². The van der Waals surface area contributed by atoms with Crippen LogP contribution in [0.1, 0.15) is 5.56 Å². The maximum Gasteiger partial charge on any atom is 0.141 e. The molecule has 128 valence electrons. The minimum absolute atomic E-state index is 0.0496. The van der Waals surface area contributed by atoms with E-state index >= 15 is 0 Å². The Hall–Kier alpha value is -2.86. The van der Waals surface area contributed by atoms with Gasteiger partial charge in [0, 0.05) is 23.9 Å². The van der Waals surface area contributed by atoms with Gasteiger partial charge in [-0.1, -0.05) is 29.8 Å². The Morgan fingerprint density at radius 2 is 1.88 bits per heavy atom. The lowest BCUT2D eigenvalue weighted by molar-refractivity contribution is 0.410. The number of hydrogen-bond acceptors (Lipinski definition) is 5. The van der Waals surface area contributed by atoms with Crippen LogP contribution in [-0.2, 0) is 6.54 Å². The summed E-state index contributed by atoms with van der Waals surface area (Å²) in [6.07, 6.45) is 1.44. The summed E-state index contributed by atoms with van der Waals surface area (Å²) >= 11 is 5.79. The maximum absolute atomic E-state index is 13.2. The molecule has 25 heavy (non-hydrogen) atoms. The van der Waals surface area contributed by atoms with Crippen LogP contribution in [0.5, 0.6) is 5.75 Å². The normalized spacial score (nSPS) is 10.4. The summed E-state index contributed by atoms with van der Waals surface area (Å²) in [6.45, 7) is 0.558. The van der Waals surface area contributed by atoms with Crippen LogP contribution in [0.3, 0.4) is 0 Å². The molecule has 0 aliphatic rings. The lowest BCUT2D eigenvalue weighted by Gasteiger charge is -2.11. The standard InChI is InChI=1S/C18H16ClFN4O/c1-25-16-5-3-2-4-12(16)10-21-17-9-18(23-11-22-17)24-13-6-7-15(20)14(19)8-13/h2-9,11H,10H2,1H3,(H2,21,22,23,24). The van der Waals surface area contributed by atoms with Gasteiger partial charge in [0.15, 0.2) is 0 Å². The van der Waals surface area contributed by atoms with Crippen LogP contribution in [0.15, 0.2) is 54.9 Å². The first-order valence-corrected chi connectivity index (χ1v) is 7.93. The van der Waals surface area contributed by atoms with Crippen molar-refractivity contribution in [2.24, 2.45) is 0 Å². The van der Waals surface area contributed by atoms with Crippen molar-refractivity contribution in [2.45, 2.75) is 6.54 Å². The number of rotatable bonds is 6. The highest BCUT2D eigenvalue weighted by atomic mass is 35.5. The second-order valence-corrected chi connectivity index (χ2v) is 5.61. The minimum atomic E-state index is -0.464. The van der Waals surface area contributed by atoms with E-state index in [9.17, 15) is 4.39 Å². The molecule has 1 heterocycles. The second-order valence-electron chi connectivity index (χ2n) is 5.21. The van der Waals surface area contributed by atoms with Crippen molar-refractivity contribution in [1.29, 1.82) is 0 Å². The van der Waals surface area contributed by atoms with Gasteiger partial charge in [0.25, 0.3) is 0 Å². The Morgan fingerprint density at radius 3 is 2.68 bits per heavy atom. The molecule has 1 aromatic heterocycles. The van der Waals surface area contributed by atoms with Crippen LogP contribution in [0, 0.1) is 5.82 Å². The third-order valence-electron chi connectivity index (χ3n) is 3.51. The van der Waals surface area contributed by atoms with Gasteiger partial charge in [-0.05, 0) is 24.3 Å². The lowest BCUT2D eigenvalue weighted by atomic mass is 10.2. The van der Waals surface area contributed by atoms with Crippen molar-refractivity contribution in [3.8, 4) is 5.75 Å². The molecule has 3 aromatic rings.